The van der Waals surface area contributed by atoms with Crippen LogP contribution in [-0.2, 0) is 6.54 Å². The van der Waals surface area contributed by atoms with E-state index in [1.807, 2.05) is 41.0 Å². The molecule has 3 rings (SSSR count). The second kappa shape index (κ2) is 5.86. The number of aromatic nitrogens is 2. The molecule has 0 radical (unpaired) electrons. The fraction of sp³-hybridized carbons (Fsp3) is 0.235. The van der Waals surface area contributed by atoms with Gasteiger partial charge in [0.05, 0.1) is 5.52 Å². The van der Waals surface area contributed by atoms with Gasteiger partial charge in [-0.25, -0.2) is 9.37 Å². The minimum absolute atomic E-state index is 0.305. The molecule has 0 saturated heterocycles. The highest BCUT2D eigenvalue weighted by molar-refractivity contribution is 6.22. The minimum Gasteiger partial charge on any atom is -0.326 e. The molecule has 1 unspecified atom stereocenters. The van der Waals surface area contributed by atoms with Gasteiger partial charge in [-0.1, -0.05) is 43.3 Å². The number of fused-ring (bicyclic) bond motifs is 1. The van der Waals surface area contributed by atoms with Crippen LogP contribution in [0.15, 0.2) is 48.5 Å². The summed E-state index contributed by atoms with van der Waals surface area (Å²) < 4.78 is 16.0. The Labute approximate surface area is 128 Å². The highest BCUT2D eigenvalue weighted by Gasteiger charge is 2.20. The van der Waals surface area contributed by atoms with E-state index in [-0.39, 0.29) is 11.2 Å². The Hall–Kier alpha value is -1.87. The van der Waals surface area contributed by atoms with Crippen molar-refractivity contribution in [2.45, 2.75) is 25.3 Å². The third-order valence-electron chi connectivity index (χ3n) is 3.53. The monoisotopic (exact) mass is 302 g/mol. The normalized spacial score (nSPS) is 12.7. The van der Waals surface area contributed by atoms with Crippen LogP contribution in [0.5, 0.6) is 0 Å². The molecule has 1 aromatic heterocycles. The summed E-state index contributed by atoms with van der Waals surface area (Å²) in [6.45, 7) is 2.85. The molecule has 108 valence electrons. The van der Waals surface area contributed by atoms with E-state index in [4.69, 9.17) is 11.6 Å². The lowest BCUT2D eigenvalue weighted by molar-refractivity contribution is 0.637. The second-order valence-corrected chi connectivity index (χ2v) is 5.44. The Balaban J connectivity index is 2.17. The van der Waals surface area contributed by atoms with E-state index in [9.17, 15) is 4.39 Å². The van der Waals surface area contributed by atoms with Gasteiger partial charge in [0.15, 0.2) is 5.82 Å². The molecule has 0 fully saturated rings. The van der Waals surface area contributed by atoms with Gasteiger partial charge in [-0.3, -0.25) is 0 Å². The molecule has 0 amide bonds. The van der Waals surface area contributed by atoms with Crippen molar-refractivity contribution in [3.8, 4) is 0 Å². The quantitative estimate of drug-likeness (QED) is 0.626. The maximum absolute atomic E-state index is 14.0. The van der Waals surface area contributed by atoms with Crippen molar-refractivity contribution in [2.24, 2.45) is 0 Å². The number of alkyl halides is 1. The third kappa shape index (κ3) is 2.54. The summed E-state index contributed by atoms with van der Waals surface area (Å²) in [6, 6.07) is 14.8. The lowest BCUT2D eigenvalue weighted by Crippen LogP contribution is -2.06. The zero-order valence-corrected chi connectivity index (χ0v) is 12.5. The summed E-state index contributed by atoms with van der Waals surface area (Å²) >= 11 is 6.59. The Morgan fingerprint density at radius 2 is 1.90 bits per heavy atom. The maximum atomic E-state index is 14.0. The molecule has 0 saturated carbocycles. The van der Waals surface area contributed by atoms with Crippen LogP contribution >= 0.6 is 11.6 Å². The first-order valence-corrected chi connectivity index (χ1v) is 7.49. The van der Waals surface area contributed by atoms with E-state index in [0.29, 0.717) is 11.3 Å². The first kappa shape index (κ1) is 14.1. The Morgan fingerprint density at radius 1 is 1.14 bits per heavy atom. The third-order valence-corrected chi connectivity index (χ3v) is 3.97. The predicted octanol–water partition coefficient (Wildman–Crippen LogP) is 4.91. The zero-order valence-electron chi connectivity index (χ0n) is 11.8. The van der Waals surface area contributed by atoms with Crippen molar-refractivity contribution in [3.63, 3.8) is 0 Å². The second-order valence-electron chi connectivity index (χ2n) is 5.00. The van der Waals surface area contributed by atoms with Crippen LogP contribution in [0.25, 0.3) is 11.0 Å². The van der Waals surface area contributed by atoms with E-state index in [0.717, 1.165) is 24.0 Å². The summed E-state index contributed by atoms with van der Waals surface area (Å²) in [5, 5.41) is -0.385. The van der Waals surface area contributed by atoms with Gasteiger partial charge < -0.3 is 4.57 Å². The van der Waals surface area contributed by atoms with Crippen molar-refractivity contribution in [3.05, 3.63) is 65.7 Å². The van der Waals surface area contributed by atoms with E-state index < -0.39 is 0 Å². The largest absolute Gasteiger partial charge is 0.326 e. The first-order valence-electron chi connectivity index (χ1n) is 7.06. The molecule has 0 aliphatic heterocycles. The van der Waals surface area contributed by atoms with E-state index >= 15 is 0 Å². The number of halogens is 2. The molecule has 0 aliphatic carbocycles. The standard InChI is InChI=1S/C17H16ClFN2/c1-2-11-21-14-10-6-9-13(19)16(14)20-17(21)15(18)12-7-4-3-5-8-12/h3-10,15H,2,11H2,1H3. The van der Waals surface area contributed by atoms with E-state index in [2.05, 4.69) is 11.9 Å². The van der Waals surface area contributed by atoms with Gasteiger partial charge in [-0.05, 0) is 24.1 Å². The number of para-hydroxylation sites is 1. The number of rotatable bonds is 4. The van der Waals surface area contributed by atoms with E-state index in [1.165, 1.54) is 6.07 Å². The number of hydrogen-bond acceptors (Lipinski definition) is 1. The summed E-state index contributed by atoms with van der Waals surface area (Å²) in [7, 11) is 0. The highest BCUT2D eigenvalue weighted by Crippen LogP contribution is 2.31. The molecule has 21 heavy (non-hydrogen) atoms. The Kier molecular flexibility index (Phi) is 3.93. The average molecular weight is 303 g/mol. The topological polar surface area (TPSA) is 17.8 Å². The molecule has 0 spiro atoms. The number of nitrogens with zero attached hydrogens (tertiary/aromatic N) is 2. The molecule has 4 heteroatoms. The molecule has 0 N–H and O–H groups in total. The molecular weight excluding hydrogens is 287 g/mol. The van der Waals surface area contributed by atoms with Gasteiger partial charge in [0.2, 0.25) is 0 Å². The SMILES string of the molecule is CCCn1c(C(Cl)c2ccccc2)nc2c(F)cccc21. The van der Waals surface area contributed by atoms with Crippen LogP contribution in [0.1, 0.15) is 30.1 Å². The molecular formula is C17H16ClFN2. The molecule has 1 atom stereocenters. The highest BCUT2D eigenvalue weighted by atomic mass is 35.5. The van der Waals surface area contributed by atoms with Gasteiger partial charge >= 0.3 is 0 Å². The molecule has 0 bridgehead atoms. The van der Waals surface area contributed by atoms with Crippen molar-refractivity contribution in [2.75, 3.05) is 0 Å². The van der Waals surface area contributed by atoms with Crippen LogP contribution in [0, 0.1) is 5.82 Å². The minimum atomic E-state index is -0.385. The molecule has 1 heterocycles. The molecule has 2 nitrogen and oxygen atoms in total. The summed E-state index contributed by atoms with van der Waals surface area (Å²) in [5.74, 6) is 0.394. The average Bonchev–Trinajstić information content (AvgIpc) is 2.88. The molecule has 0 aliphatic rings. The summed E-state index contributed by atoms with van der Waals surface area (Å²) in [4.78, 5) is 4.46. The van der Waals surface area contributed by atoms with Crippen LogP contribution in [0.4, 0.5) is 4.39 Å². The van der Waals surface area contributed by atoms with Crippen molar-refractivity contribution >= 4 is 22.6 Å². The molecule has 2 aromatic carbocycles. The van der Waals surface area contributed by atoms with Gasteiger partial charge in [0, 0.05) is 6.54 Å². The molecule has 3 aromatic rings. The zero-order chi connectivity index (χ0) is 14.8. The van der Waals surface area contributed by atoms with Crippen LogP contribution < -0.4 is 0 Å². The van der Waals surface area contributed by atoms with Crippen LogP contribution in [0.2, 0.25) is 0 Å². The fourth-order valence-corrected chi connectivity index (χ4v) is 2.87. The van der Waals surface area contributed by atoms with Crippen molar-refractivity contribution in [1.82, 2.24) is 9.55 Å². The maximum Gasteiger partial charge on any atom is 0.151 e. The number of benzene rings is 2. The van der Waals surface area contributed by atoms with Gasteiger partial charge in [-0.15, -0.1) is 11.6 Å². The number of aryl methyl sites for hydroxylation is 1. The summed E-state index contributed by atoms with van der Waals surface area (Å²) in [6.07, 6.45) is 0.938. The Morgan fingerprint density at radius 3 is 2.62 bits per heavy atom. The van der Waals surface area contributed by atoms with Gasteiger partial charge in [0.1, 0.15) is 16.7 Å². The van der Waals surface area contributed by atoms with Gasteiger partial charge in [-0.2, -0.15) is 0 Å². The van der Waals surface area contributed by atoms with Crippen molar-refractivity contribution in [1.29, 1.82) is 0 Å². The fourth-order valence-electron chi connectivity index (χ4n) is 2.55. The lowest BCUT2D eigenvalue weighted by Gasteiger charge is -2.12. The van der Waals surface area contributed by atoms with E-state index in [1.54, 1.807) is 6.07 Å². The smallest absolute Gasteiger partial charge is 0.151 e. The Bertz CT molecular complexity index is 752. The van der Waals surface area contributed by atoms with Gasteiger partial charge in [0.25, 0.3) is 0 Å². The van der Waals surface area contributed by atoms with Crippen LogP contribution in [-0.4, -0.2) is 9.55 Å². The first-order chi connectivity index (χ1) is 10.2. The summed E-state index contributed by atoms with van der Waals surface area (Å²) in [5.41, 5.74) is 2.16. The lowest BCUT2D eigenvalue weighted by atomic mass is 10.1. The predicted molar refractivity (Wildman–Crippen MR) is 84.1 cm³/mol. The van der Waals surface area contributed by atoms with Crippen molar-refractivity contribution < 1.29 is 4.39 Å². The number of imidazole rings is 1. The van der Waals surface area contributed by atoms with Crippen LogP contribution in [0.3, 0.4) is 0 Å². The number of hydrogen-bond donors (Lipinski definition) is 0.